The lowest BCUT2D eigenvalue weighted by Crippen LogP contribution is -2.45. The first-order chi connectivity index (χ1) is 14.1. The Morgan fingerprint density at radius 3 is 2.47 bits per heavy atom. The van der Waals surface area contributed by atoms with Gasteiger partial charge in [-0.3, -0.25) is 0 Å². The van der Waals surface area contributed by atoms with Crippen molar-refractivity contribution >= 4 is 23.0 Å². The Labute approximate surface area is 176 Å². The standard InChI is InChI=1S/C23H31NO6/c1-7-9-15-13-19(25)29-20-14(3)18(12-11-16(15)20)28-21(26)17(10-8-2)24-22(27)30-23(4,5)6/h11-13,17H,7-10H2,1-6H3,(H,24,27)/t17-/m0/s1. The molecule has 0 aliphatic rings. The fourth-order valence-electron chi connectivity index (χ4n) is 3.16. The lowest BCUT2D eigenvalue weighted by atomic mass is 10.0. The Kier molecular flexibility index (Phi) is 7.65. The average Bonchev–Trinajstić information content (AvgIpc) is 2.62. The number of alkyl carbamates (subject to hydrolysis) is 1. The van der Waals surface area contributed by atoms with E-state index in [0.29, 0.717) is 24.0 Å². The van der Waals surface area contributed by atoms with Crippen molar-refractivity contribution in [2.24, 2.45) is 0 Å². The Hall–Kier alpha value is -2.83. The fourth-order valence-corrected chi connectivity index (χ4v) is 3.16. The molecule has 7 heteroatoms. The smallest absolute Gasteiger partial charge is 0.408 e. The third kappa shape index (κ3) is 6.08. The van der Waals surface area contributed by atoms with Gasteiger partial charge in [-0.05, 0) is 58.2 Å². The van der Waals surface area contributed by atoms with E-state index in [1.165, 1.54) is 6.07 Å². The molecule has 1 aromatic heterocycles. The van der Waals surface area contributed by atoms with Crippen LogP contribution in [-0.4, -0.2) is 23.7 Å². The molecule has 1 atom stereocenters. The Balaban J connectivity index is 2.28. The molecule has 30 heavy (non-hydrogen) atoms. The molecule has 1 amide bonds. The number of fused-ring (bicyclic) bond motifs is 1. The second-order valence-electron chi connectivity index (χ2n) is 8.31. The molecule has 7 nitrogen and oxygen atoms in total. The number of amides is 1. The Morgan fingerprint density at radius 2 is 1.87 bits per heavy atom. The molecule has 0 bridgehead atoms. The molecule has 2 rings (SSSR count). The maximum atomic E-state index is 12.7. The van der Waals surface area contributed by atoms with Crippen LogP contribution in [0.4, 0.5) is 4.79 Å². The van der Waals surface area contributed by atoms with Crippen LogP contribution in [-0.2, 0) is 16.0 Å². The molecule has 0 unspecified atom stereocenters. The van der Waals surface area contributed by atoms with Gasteiger partial charge in [0.15, 0.2) is 0 Å². The monoisotopic (exact) mass is 417 g/mol. The highest BCUT2D eigenvalue weighted by Crippen LogP contribution is 2.29. The van der Waals surface area contributed by atoms with E-state index in [4.69, 9.17) is 13.9 Å². The Morgan fingerprint density at radius 1 is 1.17 bits per heavy atom. The summed E-state index contributed by atoms with van der Waals surface area (Å²) >= 11 is 0. The zero-order valence-electron chi connectivity index (χ0n) is 18.6. The highest BCUT2D eigenvalue weighted by atomic mass is 16.6. The molecule has 1 heterocycles. The summed E-state index contributed by atoms with van der Waals surface area (Å²) in [5.41, 5.74) is 0.757. The first kappa shape index (κ1) is 23.4. The first-order valence-electron chi connectivity index (χ1n) is 10.3. The Bertz CT molecular complexity index is 970. The molecular weight excluding hydrogens is 386 g/mol. The summed E-state index contributed by atoms with van der Waals surface area (Å²) in [7, 11) is 0. The predicted octanol–water partition coefficient (Wildman–Crippen LogP) is 4.65. The topological polar surface area (TPSA) is 94.8 Å². The van der Waals surface area contributed by atoms with Crippen molar-refractivity contribution in [3.63, 3.8) is 0 Å². The van der Waals surface area contributed by atoms with Crippen LogP contribution >= 0.6 is 0 Å². The summed E-state index contributed by atoms with van der Waals surface area (Å²) in [5, 5.41) is 3.40. The highest BCUT2D eigenvalue weighted by Gasteiger charge is 2.26. The lowest BCUT2D eigenvalue weighted by molar-refractivity contribution is -0.137. The van der Waals surface area contributed by atoms with Gasteiger partial charge in [0, 0.05) is 17.0 Å². The van der Waals surface area contributed by atoms with Crippen molar-refractivity contribution in [3.8, 4) is 5.75 Å². The number of rotatable bonds is 7. The van der Waals surface area contributed by atoms with Crippen LogP contribution in [0, 0.1) is 6.92 Å². The highest BCUT2D eigenvalue weighted by molar-refractivity contribution is 5.87. The molecule has 0 fully saturated rings. The van der Waals surface area contributed by atoms with E-state index in [2.05, 4.69) is 5.32 Å². The zero-order chi connectivity index (χ0) is 22.5. The zero-order valence-corrected chi connectivity index (χ0v) is 18.6. The molecule has 0 aliphatic carbocycles. The van der Waals surface area contributed by atoms with Crippen molar-refractivity contribution in [1.82, 2.24) is 5.32 Å². The van der Waals surface area contributed by atoms with E-state index in [1.807, 2.05) is 13.8 Å². The van der Waals surface area contributed by atoms with Gasteiger partial charge in [0.05, 0.1) is 0 Å². The largest absolute Gasteiger partial charge is 0.444 e. The third-order valence-electron chi connectivity index (χ3n) is 4.48. The van der Waals surface area contributed by atoms with Crippen molar-refractivity contribution in [2.75, 3.05) is 0 Å². The fraction of sp³-hybridized carbons (Fsp3) is 0.522. The first-order valence-corrected chi connectivity index (χ1v) is 10.3. The van der Waals surface area contributed by atoms with Crippen LogP contribution in [0.3, 0.4) is 0 Å². The van der Waals surface area contributed by atoms with Gasteiger partial charge in [-0.1, -0.05) is 26.7 Å². The minimum atomic E-state index is -0.849. The van der Waals surface area contributed by atoms with Crippen LogP contribution in [0.5, 0.6) is 5.75 Å². The number of carbonyl (C=O) groups excluding carboxylic acids is 2. The predicted molar refractivity (Wildman–Crippen MR) is 115 cm³/mol. The molecule has 0 saturated carbocycles. The van der Waals surface area contributed by atoms with Crippen LogP contribution in [0.15, 0.2) is 27.4 Å². The van der Waals surface area contributed by atoms with Crippen LogP contribution < -0.4 is 15.7 Å². The minimum Gasteiger partial charge on any atom is -0.444 e. The molecule has 0 saturated heterocycles. The average molecular weight is 418 g/mol. The summed E-state index contributed by atoms with van der Waals surface area (Å²) in [6.07, 6.45) is 2.04. The van der Waals surface area contributed by atoms with Crippen LogP contribution in [0.25, 0.3) is 11.0 Å². The van der Waals surface area contributed by atoms with Crippen molar-refractivity contribution in [2.45, 2.75) is 78.9 Å². The molecule has 0 radical (unpaired) electrons. The van der Waals surface area contributed by atoms with Crippen molar-refractivity contribution in [3.05, 3.63) is 39.7 Å². The van der Waals surface area contributed by atoms with Crippen molar-refractivity contribution < 1.29 is 23.5 Å². The van der Waals surface area contributed by atoms with Gasteiger partial charge in [0.2, 0.25) is 0 Å². The summed E-state index contributed by atoms with van der Waals surface area (Å²) in [6.45, 7) is 10.9. The van der Waals surface area contributed by atoms with Crippen LogP contribution in [0.2, 0.25) is 0 Å². The maximum Gasteiger partial charge on any atom is 0.408 e. The number of esters is 1. The summed E-state index contributed by atoms with van der Waals surface area (Å²) in [5.74, 6) is -0.311. The number of ether oxygens (including phenoxy) is 2. The van der Waals surface area contributed by atoms with Gasteiger partial charge in [0.25, 0.3) is 0 Å². The van der Waals surface area contributed by atoms with Crippen molar-refractivity contribution in [1.29, 1.82) is 0 Å². The quantitative estimate of drug-likeness (QED) is 0.400. The molecule has 0 spiro atoms. The summed E-state index contributed by atoms with van der Waals surface area (Å²) in [6, 6.07) is 4.12. The van der Waals surface area contributed by atoms with E-state index in [0.717, 1.165) is 23.8 Å². The van der Waals surface area contributed by atoms with E-state index in [1.54, 1.807) is 39.8 Å². The number of hydrogen-bond donors (Lipinski definition) is 1. The number of aryl methyl sites for hydroxylation is 2. The SMILES string of the molecule is CCCc1cc(=O)oc2c(C)c(OC(=O)[C@H](CCC)NC(=O)OC(C)(C)C)ccc12. The summed E-state index contributed by atoms with van der Waals surface area (Å²) in [4.78, 5) is 36.8. The second kappa shape index (κ2) is 9.78. The second-order valence-corrected chi connectivity index (χ2v) is 8.31. The molecule has 0 aliphatic heterocycles. The van der Waals surface area contributed by atoms with Gasteiger partial charge >= 0.3 is 17.7 Å². The number of hydrogen-bond acceptors (Lipinski definition) is 6. The third-order valence-corrected chi connectivity index (χ3v) is 4.48. The number of carbonyl (C=O) groups is 2. The molecule has 2 aromatic rings. The normalized spacial score (nSPS) is 12.5. The van der Waals surface area contributed by atoms with E-state index < -0.39 is 29.3 Å². The van der Waals surface area contributed by atoms with E-state index >= 15 is 0 Å². The summed E-state index contributed by atoms with van der Waals surface area (Å²) < 4.78 is 16.2. The number of benzene rings is 1. The van der Waals surface area contributed by atoms with Gasteiger partial charge in [-0.15, -0.1) is 0 Å². The van der Waals surface area contributed by atoms with Crippen LogP contribution in [0.1, 0.15) is 65.0 Å². The lowest BCUT2D eigenvalue weighted by Gasteiger charge is -2.23. The van der Waals surface area contributed by atoms with E-state index in [9.17, 15) is 14.4 Å². The molecule has 1 aromatic carbocycles. The van der Waals surface area contributed by atoms with Gasteiger partial charge in [-0.25, -0.2) is 14.4 Å². The van der Waals surface area contributed by atoms with Gasteiger partial charge in [-0.2, -0.15) is 0 Å². The number of nitrogens with one attached hydrogen (secondary N) is 1. The van der Waals surface area contributed by atoms with E-state index in [-0.39, 0.29) is 5.75 Å². The van der Waals surface area contributed by atoms with Gasteiger partial charge < -0.3 is 19.2 Å². The minimum absolute atomic E-state index is 0.288. The molecule has 164 valence electrons. The maximum absolute atomic E-state index is 12.7. The van der Waals surface area contributed by atoms with Gasteiger partial charge in [0.1, 0.15) is 23.0 Å². The molecule has 1 N–H and O–H groups in total. The molecular formula is C23H31NO6.